The Kier molecular flexibility index (Phi) is 5.81. The number of nitrogens with one attached hydrogen (secondary N) is 2. The van der Waals surface area contributed by atoms with Crippen molar-refractivity contribution in [1.82, 2.24) is 19.7 Å². The normalized spacial score (nSPS) is 23.8. The zero-order chi connectivity index (χ0) is 21.3. The van der Waals surface area contributed by atoms with Crippen LogP contribution in [0.2, 0.25) is 0 Å². The third-order valence-corrected chi connectivity index (χ3v) is 6.27. The average Bonchev–Trinajstić information content (AvgIpc) is 3.34. The van der Waals surface area contributed by atoms with Gasteiger partial charge in [0.05, 0.1) is 17.1 Å². The molecule has 2 aliphatic rings. The van der Waals surface area contributed by atoms with Gasteiger partial charge in [0, 0.05) is 50.7 Å². The minimum atomic E-state index is 0.102. The molecule has 0 spiro atoms. The van der Waals surface area contributed by atoms with E-state index in [2.05, 4.69) is 28.0 Å². The topological polar surface area (TPSA) is 90.9 Å². The van der Waals surface area contributed by atoms with E-state index >= 15 is 0 Å². The Labute approximate surface area is 177 Å². The zero-order valence-electron chi connectivity index (χ0n) is 17.9. The maximum atomic E-state index is 8.19. The molecule has 2 N–H and O–H groups in total. The number of likely N-dealkylation sites (tertiary alicyclic amines) is 1. The molecule has 1 unspecified atom stereocenters. The van der Waals surface area contributed by atoms with Crippen molar-refractivity contribution in [2.45, 2.75) is 39.3 Å². The minimum Gasteiger partial charge on any atom is -0.475 e. The molecule has 2 fully saturated rings. The second-order valence-electron chi connectivity index (χ2n) is 8.61. The summed E-state index contributed by atoms with van der Waals surface area (Å²) in [5, 5.41) is 20.6. The largest absolute Gasteiger partial charge is 0.475 e. The smallest absolute Gasteiger partial charge is 0.206 e. The van der Waals surface area contributed by atoms with E-state index in [1.54, 1.807) is 16.8 Å². The van der Waals surface area contributed by atoms with Crippen molar-refractivity contribution in [3.8, 4) is 0 Å². The summed E-state index contributed by atoms with van der Waals surface area (Å²) >= 11 is 0. The molecule has 0 aromatic carbocycles. The Bertz CT molecular complexity index is 964. The van der Waals surface area contributed by atoms with Crippen LogP contribution in [0.4, 0.5) is 0 Å². The fraction of sp³-hybridized carbons (Fsp3) is 0.478. The quantitative estimate of drug-likeness (QED) is 0.569. The number of rotatable bonds is 6. The van der Waals surface area contributed by atoms with Gasteiger partial charge in [0.1, 0.15) is 6.10 Å². The number of hydrogen-bond donors (Lipinski definition) is 2. The molecule has 1 aliphatic heterocycles. The Morgan fingerprint density at radius 1 is 1.20 bits per heavy atom. The molecular formula is C23H30N6O. The van der Waals surface area contributed by atoms with E-state index in [0.717, 1.165) is 43.7 Å². The molecule has 0 radical (unpaired) electrons. The molecule has 0 amide bonds. The van der Waals surface area contributed by atoms with Crippen LogP contribution in [0, 0.1) is 36.5 Å². The standard InChI is InChI=1S/C23H30N6O/c1-15-5-4-8-26-22(15)14-29-11-17-9-19(10-18(17)12-29)30-23(25)7-6-21(24)20-13-28(3)27-16(20)2/h4-8,13,17-19,24-25H,9-12,14H2,1-3H3/b7-6-,24-21?,25-23?/t17-,18?,19-/m0/s1. The summed E-state index contributed by atoms with van der Waals surface area (Å²) < 4.78 is 7.59. The van der Waals surface area contributed by atoms with E-state index in [4.69, 9.17) is 15.6 Å². The maximum absolute atomic E-state index is 8.19. The van der Waals surface area contributed by atoms with Crippen LogP contribution < -0.4 is 0 Å². The molecule has 1 aliphatic carbocycles. The summed E-state index contributed by atoms with van der Waals surface area (Å²) in [6.07, 6.45) is 9.00. The van der Waals surface area contributed by atoms with E-state index in [-0.39, 0.29) is 12.0 Å². The van der Waals surface area contributed by atoms with Crippen LogP contribution in [-0.4, -0.2) is 50.5 Å². The molecule has 4 rings (SSSR count). The molecule has 7 heteroatoms. The van der Waals surface area contributed by atoms with E-state index in [0.29, 0.717) is 17.5 Å². The lowest BCUT2D eigenvalue weighted by Gasteiger charge is -2.19. The van der Waals surface area contributed by atoms with Crippen molar-refractivity contribution in [2.75, 3.05) is 13.1 Å². The van der Waals surface area contributed by atoms with Gasteiger partial charge in [-0.25, -0.2) is 0 Å². The SMILES string of the molecule is Cc1cccnc1CN1CC2C[C@@H](OC(=N)/C=C\C(=N)c3cn(C)nc3C)C[C@H]2C1. The summed E-state index contributed by atoms with van der Waals surface area (Å²) in [5.74, 6) is 1.39. The Morgan fingerprint density at radius 2 is 1.93 bits per heavy atom. The lowest BCUT2D eigenvalue weighted by atomic mass is 10.0. The summed E-state index contributed by atoms with van der Waals surface area (Å²) in [6.45, 7) is 7.08. The molecule has 0 bridgehead atoms. The third-order valence-electron chi connectivity index (χ3n) is 6.27. The lowest BCUT2D eigenvalue weighted by Crippen LogP contribution is -2.24. The van der Waals surface area contributed by atoms with Gasteiger partial charge >= 0.3 is 0 Å². The van der Waals surface area contributed by atoms with E-state index in [1.807, 2.05) is 32.4 Å². The van der Waals surface area contributed by atoms with Crippen LogP contribution in [0.15, 0.2) is 36.7 Å². The molecule has 2 aromatic rings. The highest BCUT2D eigenvalue weighted by atomic mass is 16.5. The van der Waals surface area contributed by atoms with E-state index in [9.17, 15) is 0 Å². The summed E-state index contributed by atoms with van der Waals surface area (Å²) in [6, 6.07) is 4.11. The van der Waals surface area contributed by atoms with Crippen LogP contribution in [0.3, 0.4) is 0 Å². The fourth-order valence-corrected chi connectivity index (χ4v) is 4.79. The second-order valence-corrected chi connectivity index (χ2v) is 8.61. The van der Waals surface area contributed by atoms with Gasteiger partial charge in [-0.3, -0.25) is 20.0 Å². The Balaban J connectivity index is 1.25. The first kappa shape index (κ1) is 20.5. The first-order valence-electron chi connectivity index (χ1n) is 10.5. The highest BCUT2D eigenvalue weighted by Gasteiger charge is 2.42. The molecule has 3 atom stereocenters. The molecule has 7 nitrogen and oxygen atoms in total. The molecule has 158 valence electrons. The van der Waals surface area contributed by atoms with Crippen LogP contribution in [0.5, 0.6) is 0 Å². The van der Waals surface area contributed by atoms with Crippen LogP contribution in [-0.2, 0) is 18.3 Å². The van der Waals surface area contributed by atoms with Crippen molar-refractivity contribution in [3.05, 3.63) is 59.2 Å². The van der Waals surface area contributed by atoms with Gasteiger partial charge in [-0.1, -0.05) is 6.07 Å². The Hall–Kier alpha value is -2.80. The highest BCUT2D eigenvalue weighted by Crippen LogP contribution is 2.40. The molecule has 2 aromatic heterocycles. The van der Waals surface area contributed by atoms with Gasteiger partial charge in [-0.15, -0.1) is 0 Å². The van der Waals surface area contributed by atoms with Gasteiger partial charge in [-0.2, -0.15) is 5.10 Å². The predicted octanol–water partition coefficient (Wildman–Crippen LogP) is 3.26. The number of hydrogen-bond acceptors (Lipinski definition) is 6. The van der Waals surface area contributed by atoms with Crippen LogP contribution in [0.1, 0.15) is 35.4 Å². The van der Waals surface area contributed by atoms with E-state index in [1.165, 1.54) is 11.3 Å². The number of aromatic nitrogens is 3. The number of aryl methyl sites for hydroxylation is 3. The second kappa shape index (κ2) is 8.52. The van der Waals surface area contributed by atoms with Gasteiger partial charge in [0.25, 0.3) is 0 Å². The Morgan fingerprint density at radius 3 is 2.57 bits per heavy atom. The van der Waals surface area contributed by atoms with Crippen molar-refractivity contribution < 1.29 is 4.74 Å². The van der Waals surface area contributed by atoms with Gasteiger partial charge in [0.15, 0.2) is 0 Å². The average molecular weight is 407 g/mol. The van der Waals surface area contributed by atoms with Crippen molar-refractivity contribution in [1.29, 1.82) is 10.8 Å². The monoisotopic (exact) mass is 406 g/mol. The van der Waals surface area contributed by atoms with Gasteiger partial charge in [-0.05, 0) is 56.2 Å². The summed E-state index contributed by atoms with van der Waals surface area (Å²) in [5.41, 5.74) is 4.36. The molecule has 30 heavy (non-hydrogen) atoms. The minimum absolute atomic E-state index is 0.102. The number of nitrogens with zero attached hydrogens (tertiary/aromatic N) is 4. The molecule has 1 saturated heterocycles. The summed E-state index contributed by atoms with van der Waals surface area (Å²) in [7, 11) is 1.84. The molecule has 3 heterocycles. The van der Waals surface area contributed by atoms with Gasteiger partial charge < -0.3 is 10.1 Å². The predicted molar refractivity (Wildman–Crippen MR) is 117 cm³/mol. The molecule has 1 saturated carbocycles. The first-order chi connectivity index (χ1) is 14.4. The summed E-state index contributed by atoms with van der Waals surface area (Å²) in [4.78, 5) is 7.03. The van der Waals surface area contributed by atoms with Crippen molar-refractivity contribution in [3.63, 3.8) is 0 Å². The maximum Gasteiger partial charge on any atom is 0.206 e. The number of allylic oxidation sites excluding steroid dienone is 1. The van der Waals surface area contributed by atoms with Crippen molar-refractivity contribution >= 4 is 11.6 Å². The molecular weight excluding hydrogens is 376 g/mol. The van der Waals surface area contributed by atoms with E-state index < -0.39 is 0 Å². The fourth-order valence-electron chi connectivity index (χ4n) is 4.79. The highest BCUT2D eigenvalue weighted by molar-refractivity contribution is 6.09. The zero-order valence-corrected chi connectivity index (χ0v) is 17.9. The number of fused-ring (bicyclic) bond motifs is 1. The van der Waals surface area contributed by atoms with Gasteiger partial charge in [0.2, 0.25) is 5.90 Å². The van der Waals surface area contributed by atoms with Crippen LogP contribution in [0.25, 0.3) is 0 Å². The number of pyridine rings is 1. The lowest BCUT2D eigenvalue weighted by molar-refractivity contribution is 0.172. The van der Waals surface area contributed by atoms with Crippen LogP contribution >= 0.6 is 0 Å². The van der Waals surface area contributed by atoms with Crippen molar-refractivity contribution in [2.24, 2.45) is 18.9 Å². The number of ether oxygens (including phenoxy) is 1. The third kappa shape index (κ3) is 4.51. The first-order valence-corrected chi connectivity index (χ1v) is 10.5.